The van der Waals surface area contributed by atoms with Gasteiger partial charge >= 0.3 is 0 Å². The predicted molar refractivity (Wildman–Crippen MR) is 127 cm³/mol. The fourth-order valence-electron chi connectivity index (χ4n) is 4.13. The van der Waals surface area contributed by atoms with Crippen LogP contribution in [0, 0.1) is 0 Å². The van der Waals surface area contributed by atoms with E-state index in [0.29, 0.717) is 0 Å². The fourth-order valence-corrected chi connectivity index (χ4v) is 5.49. The van der Waals surface area contributed by atoms with Crippen molar-refractivity contribution in [3.63, 3.8) is 0 Å². The maximum absolute atomic E-state index is 6.37. The lowest BCUT2D eigenvalue weighted by Gasteiger charge is -2.37. The number of hydrogen-bond acceptors (Lipinski definition) is 3. The molecule has 0 amide bonds. The first-order valence-corrected chi connectivity index (χ1v) is 11.9. The number of nitrogens with zero attached hydrogens (tertiary/aromatic N) is 1. The molecule has 1 aliphatic heterocycles. The summed E-state index contributed by atoms with van der Waals surface area (Å²) < 4.78 is 6.37. The predicted octanol–water partition coefficient (Wildman–Crippen LogP) is 6.37. The van der Waals surface area contributed by atoms with Gasteiger partial charge in [-0.05, 0) is 29.2 Å². The van der Waals surface area contributed by atoms with Crippen molar-refractivity contribution in [1.82, 2.24) is 4.90 Å². The lowest BCUT2D eigenvalue weighted by Crippen LogP contribution is -2.44. The number of ether oxygens (including phenoxy) is 1. The third-order valence-corrected chi connectivity index (χ3v) is 7.12. The van der Waals surface area contributed by atoms with Crippen LogP contribution in [0.4, 0.5) is 0 Å². The summed E-state index contributed by atoms with van der Waals surface area (Å²) in [7, 11) is 0. The second-order valence-corrected chi connectivity index (χ2v) is 9.12. The Hall–Kier alpha value is -2.07. The van der Waals surface area contributed by atoms with Crippen LogP contribution in [0.25, 0.3) is 0 Å². The number of hydrogen-bond donors (Lipinski definition) is 0. The van der Waals surface area contributed by atoms with Crippen LogP contribution in [0.15, 0.2) is 89.8 Å². The van der Waals surface area contributed by atoms with E-state index in [1.54, 1.807) is 0 Å². The molecule has 1 heterocycles. The van der Waals surface area contributed by atoms with Crippen molar-refractivity contribution >= 4 is 11.8 Å². The zero-order valence-electron chi connectivity index (χ0n) is 17.7. The molecule has 3 aromatic carbocycles. The van der Waals surface area contributed by atoms with E-state index >= 15 is 0 Å². The molecule has 4 rings (SSSR count). The Labute approximate surface area is 185 Å². The molecule has 1 aliphatic rings. The van der Waals surface area contributed by atoms with Gasteiger partial charge in [0.15, 0.2) is 0 Å². The standard InChI is InChI=1S/C27H31NOS/c1-2-11-23-14-9-10-17-26(23)30-27(24-15-7-4-8-16-24)25-21-28(18-19-29-25)20-22-12-5-3-6-13-22/h3-10,12-17,25,27H,2,11,18-21H2,1H3. The topological polar surface area (TPSA) is 12.5 Å². The van der Waals surface area contributed by atoms with Gasteiger partial charge in [-0.3, -0.25) is 4.90 Å². The van der Waals surface area contributed by atoms with E-state index < -0.39 is 0 Å². The van der Waals surface area contributed by atoms with Crippen molar-refractivity contribution in [1.29, 1.82) is 0 Å². The monoisotopic (exact) mass is 417 g/mol. The van der Waals surface area contributed by atoms with E-state index in [0.717, 1.165) is 32.7 Å². The van der Waals surface area contributed by atoms with Crippen LogP contribution in [0.2, 0.25) is 0 Å². The normalized spacial score (nSPS) is 18.2. The van der Waals surface area contributed by atoms with Gasteiger partial charge in [-0.25, -0.2) is 0 Å². The highest BCUT2D eigenvalue weighted by Crippen LogP contribution is 2.41. The van der Waals surface area contributed by atoms with Crippen LogP contribution >= 0.6 is 11.8 Å². The van der Waals surface area contributed by atoms with Crippen LogP contribution in [0.3, 0.4) is 0 Å². The average Bonchev–Trinajstić information content (AvgIpc) is 2.80. The summed E-state index contributed by atoms with van der Waals surface area (Å²) in [5.41, 5.74) is 4.17. The van der Waals surface area contributed by atoms with Crippen LogP contribution in [0.1, 0.15) is 35.3 Å². The molecule has 1 saturated heterocycles. The molecule has 156 valence electrons. The average molecular weight is 418 g/mol. The number of benzene rings is 3. The van der Waals surface area contributed by atoms with Gasteiger partial charge in [0.1, 0.15) is 0 Å². The Morgan fingerprint density at radius 2 is 1.63 bits per heavy atom. The summed E-state index contributed by atoms with van der Waals surface area (Å²) in [6.45, 7) is 5.97. The summed E-state index contributed by atoms with van der Waals surface area (Å²) in [5.74, 6) is 0. The first-order valence-electron chi connectivity index (χ1n) is 11.0. The molecule has 0 bridgehead atoms. The van der Waals surface area contributed by atoms with E-state index in [4.69, 9.17) is 4.74 Å². The zero-order chi connectivity index (χ0) is 20.6. The minimum absolute atomic E-state index is 0.171. The second kappa shape index (κ2) is 10.8. The van der Waals surface area contributed by atoms with Crippen molar-refractivity contribution in [2.24, 2.45) is 0 Å². The fraction of sp³-hybridized carbons (Fsp3) is 0.333. The molecular weight excluding hydrogens is 386 g/mol. The lowest BCUT2D eigenvalue weighted by atomic mass is 10.1. The quantitative estimate of drug-likeness (QED) is 0.395. The number of thioether (sulfide) groups is 1. The largest absolute Gasteiger partial charge is 0.374 e. The third kappa shape index (κ3) is 5.54. The van der Waals surface area contributed by atoms with E-state index in [2.05, 4.69) is 96.8 Å². The molecule has 0 saturated carbocycles. The molecule has 0 radical (unpaired) electrons. The molecule has 30 heavy (non-hydrogen) atoms. The van der Waals surface area contributed by atoms with Gasteiger partial charge in [0.25, 0.3) is 0 Å². The summed E-state index contributed by atoms with van der Waals surface area (Å²) in [5, 5.41) is 0.280. The van der Waals surface area contributed by atoms with Crippen molar-refractivity contribution in [2.45, 2.75) is 42.6 Å². The van der Waals surface area contributed by atoms with Gasteiger partial charge in [0.05, 0.1) is 18.0 Å². The van der Waals surface area contributed by atoms with Crippen LogP contribution in [0.5, 0.6) is 0 Å². The highest BCUT2D eigenvalue weighted by atomic mass is 32.2. The molecule has 0 aliphatic carbocycles. The van der Waals surface area contributed by atoms with E-state index in [1.165, 1.54) is 28.0 Å². The minimum Gasteiger partial charge on any atom is -0.374 e. The number of aryl methyl sites for hydroxylation is 1. The van der Waals surface area contributed by atoms with Crippen molar-refractivity contribution in [2.75, 3.05) is 19.7 Å². The molecule has 0 aromatic heterocycles. The van der Waals surface area contributed by atoms with Gasteiger partial charge in [0, 0.05) is 24.5 Å². The molecule has 2 nitrogen and oxygen atoms in total. The Kier molecular flexibility index (Phi) is 7.63. The smallest absolute Gasteiger partial charge is 0.0865 e. The highest BCUT2D eigenvalue weighted by molar-refractivity contribution is 7.99. The molecule has 1 fully saturated rings. The molecular formula is C27H31NOS. The van der Waals surface area contributed by atoms with Crippen molar-refractivity contribution in [3.8, 4) is 0 Å². The van der Waals surface area contributed by atoms with Crippen LogP contribution in [-0.4, -0.2) is 30.7 Å². The van der Waals surface area contributed by atoms with Crippen LogP contribution in [-0.2, 0) is 17.7 Å². The first kappa shape index (κ1) is 21.2. The van der Waals surface area contributed by atoms with Gasteiger partial charge in [-0.15, -0.1) is 11.8 Å². The van der Waals surface area contributed by atoms with Crippen LogP contribution < -0.4 is 0 Å². The maximum Gasteiger partial charge on any atom is 0.0865 e. The van der Waals surface area contributed by atoms with Gasteiger partial charge < -0.3 is 4.74 Å². The minimum atomic E-state index is 0.171. The second-order valence-electron chi connectivity index (χ2n) is 7.94. The van der Waals surface area contributed by atoms with E-state index in [9.17, 15) is 0 Å². The van der Waals surface area contributed by atoms with E-state index in [-0.39, 0.29) is 11.4 Å². The zero-order valence-corrected chi connectivity index (χ0v) is 18.6. The maximum atomic E-state index is 6.37. The molecule has 0 N–H and O–H groups in total. The molecule has 2 atom stereocenters. The summed E-state index contributed by atoms with van der Waals surface area (Å²) >= 11 is 1.97. The molecule has 0 spiro atoms. The third-order valence-electron chi connectivity index (χ3n) is 5.64. The van der Waals surface area contributed by atoms with Crippen molar-refractivity contribution < 1.29 is 4.74 Å². The summed E-state index contributed by atoms with van der Waals surface area (Å²) in [4.78, 5) is 3.93. The Bertz CT molecular complexity index is 899. The Balaban J connectivity index is 1.55. The SMILES string of the molecule is CCCc1ccccc1SC(c1ccccc1)C1CN(Cc2ccccc2)CCO1. The highest BCUT2D eigenvalue weighted by Gasteiger charge is 2.30. The molecule has 3 aromatic rings. The van der Waals surface area contributed by atoms with Gasteiger partial charge in [-0.1, -0.05) is 92.2 Å². The Morgan fingerprint density at radius 3 is 2.40 bits per heavy atom. The van der Waals surface area contributed by atoms with Gasteiger partial charge in [0.2, 0.25) is 0 Å². The molecule has 2 unspecified atom stereocenters. The first-order chi connectivity index (χ1) is 14.8. The molecule has 3 heteroatoms. The van der Waals surface area contributed by atoms with E-state index in [1.807, 2.05) is 11.8 Å². The van der Waals surface area contributed by atoms with Gasteiger partial charge in [-0.2, -0.15) is 0 Å². The number of rotatable bonds is 8. The lowest BCUT2D eigenvalue weighted by molar-refractivity contribution is -0.0319. The summed E-state index contributed by atoms with van der Waals surface area (Å²) in [6, 6.07) is 30.5. The summed E-state index contributed by atoms with van der Waals surface area (Å²) in [6.07, 6.45) is 2.46. The Morgan fingerprint density at radius 1 is 0.933 bits per heavy atom. The van der Waals surface area contributed by atoms with Crippen molar-refractivity contribution in [3.05, 3.63) is 102 Å². The number of morpholine rings is 1.